The van der Waals surface area contributed by atoms with Crippen LogP contribution in [0.5, 0.6) is 0 Å². The fourth-order valence-corrected chi connectivity index (χ4v) is 4.00. The number of hydrogen-bond acceptors (Lipinski definition) is 2. The topological polar surface area (TPSA) is 37.4 Å². The minimum absolute atomic E-state index is 0.401. The van der Waals surface area contributed by atoms with Crippen LogP contribution in [0.25, 0.3) is 0 Å². The largest absolute Gasteiger partial charge is 0.213 e. The van der Waals surface area contributed by atoms with Crippen molar-refractivity contribution >= 4 is 10.0 Å². The number of nitrogens with zero attached hydrogens (tertiary/aromatic N) is 1. The van der Waals surface area contributed by atoms with Gasteiger partial charge >= 0.3 is 0 Å². The standard InChI is InChI=1S/C13H27NO2S/c1-5-9-13(3,6-2)12-7-10-14(11-8-12)17(4,15)16/h12H,5-11H2,1-4H3. The van der Waals surface area contributed by atoms with Crippen LogP contribution >= 0.6 is 0 Å². The second-order valence-corrected chi connectivity index (χ2v) is 7.68. The van der Waals surface area contributed by atoms with E-state index < -0.39 is 10.0 Å². The van der Waals surface area contributed by atoms with Crippen molar-refractivity contribution in [3.63, 3.8) is 0 Å². The Hall–Kier alpha value is -0.0900. The van der Waals surface area contributed by atoms with Crippen molar-refractivity contribution in [2.45, 2.75) is 52.9 Å². The Morgan fingerprint density at radius 2 is 1.76 bits per heavy atom. The molecule has 0 aromatic heterocycles. The molecule has 1 fully saturated rings. The molecule has 1 unspecified atom stereocenters. The van der Waals surface area contributed by atoms with E-state index in [0.29, 0.717) is 24.4 Å². The van der Waals surface area contributed by atoms with Crippen LogP contribution in [0.3, 0.4) is 0 Å². The molecule has 0 spiro atoms. The molecule has 0 saturated carbocycles. The van der Waals surface area contributed by atoms with Crippen LogP contribution in [0.4, 0.5) is 0 Å². The maximum absolute atomic E-state index is 11.5. The van der Waals surface area contributed by atoms with E-state index in [1.165, 1.54) is 25.5 Å². The quantitative estimate of drug-likeness (QED) is 0.763. The molecular formula is C13H27NO2S. The van der Waals surface area contributed by atoms with Crippen LogP contribution in [0, 0.1) is 11.3 Å². The molecule has 4 heteroatoms. The first-order valence-electron chi connectivity index (χ1n) is 6.78. The van der Waals surface area contributed by atoms with Gasteiger partial charge in [-0.05, 0) is 30.6 Å². The monoisotopic (exact) mass is 261 g/mol. The second kappa shape index (κ2) is 5.70. The first-order chi connectivity index (χ1) is 7.83. The van der Waals surface area contributed by atoms with Gasteiger partial charge < -0.3 is 0 Å². The van der Waals surface area contributed by atoms with Gasteiger partial charge in [-0.1, -0.05) is 33.6 Å². The highest BCUT2D eigenvalue weighted by Gasteiger charge is 2.35. The Morgan fingerprint density at radius 1 is 1.24 bits per heavy atom. The molecular weight excluding hydrogens is 234 g/mol. The molecule has 3 nitrogen and oxygen atoms in total. The minimum Gasteiger partial charge on any atom is -0.213 e. The van der Waals surface area contributed by atoms with Crippen molar-refractivity contribution in [1.29, 1.82) is 0 Å². The summed E-state index contributed by atoms with van der Waals surface area (Å²) in [6.45, 7) is 8.29. The van der Waals surface area contributed by atoms with Crippen molar-refractivity contribution < 1.29 is 8.42 Å². The lowest BCUT2D eigenvalue weighted by Crippen LogP contribution is -2.42. The van der Waals surface area contributed by atoms with E-state index in [1.54, 1.807) is 4.31 Å². The molecule has 17 heavy (non-hydrogen) atoms. The smallest absolute Gasteiger partial charge is 0.211 e. The van der Waals surface area contributed by atoms with Crippen molar-refractivity contribution in [1.82, 2.24) is 4.31 Å². The van der Waals surface area contributed by atoms with Gasteiger partial charge in [0.25, 0.3) is 0 Å². The fourth-order valence-electron chi connectivity index (χ4n) is 3.13. The summed E-state index contributed by atoms with van der Waals surface area (Å²) in [5.74, 6) is 0.686. The maximum atomic E-state index is 11.5. The van der Waals surface area contributed by atoms with Gasteiger partial charge in [0, 0.05) is 13.1 Å². The lowest BCUT2D eigenvalue weighted by atomic mass is 9.68. The Labute approximate surface area is 107 Å². The predicted molar refractivity (Wildman–Crippen MR) is 72.4 cm³/mol. The number of sulfonamides is 1. The van der Waals surface area contributed by atoms with Crippen molar-refractivity contribution in [2.75, 3.05) is 19.3 Å². The number of rotatable bonds is 5. The van der Waals surface area contributed by atoms with E-state index in [2.05, 4.69) is 20.8 Å². The Morgan fingerprint density at radius 3 is 2.12 bits per heavy atom. The minimum atomic E-state index is -2.98. The molecule has 1 aliphatic heterocycles. The van der Waals surface area contributed by atoms with E-state index in [-0.39, 0.29) is 0 Å². The van der Waals surface area contributed by atoms with Crippen molar-refractivity contribution in [2.24, 2.45) is 11.3 Å². The second-order valence-electron chi connectivity index (χ2n) is 5.69. The number of hydrogen-bond donors (Lipinski definition) is 0. The van der Waals surface area contributed by atoms with Crippen LogP contribution in [0.1, 0.15) is 52.9 Å². The van der Waals surface area contributed by atoms with Gasteiger partial charge in [-0.2, -0.15) is 0 Å². The van der Waals surface area contributed by atoms with Gasteiger partial charge in [-0.25, -0.2) is 12.7 Å². The maximum Gasteiger partial charge on any atom is 0.211 e. The zero-order valence-electron chi connectivity index (χ0n) is 11.7. The Kier molecular flexibility index (Phi) is 5.02. The third kappa shape index (κ3) is 3.68. The average molecular weight is 261 g/mol. The molecule has 1 saturated heterocycles. The van der Waals surface area contributed by atoms with Crippen LogP contribution in [-0.2, 0) is 10.0 Å². The Balaban J connectivity index is 2.62. The molecule has 0 aliphatic carbocycles. The molecule has 1 rings (SSSR count). The van der Waals surface area contributed by atoms with Crippen molar-refractivity contribution in [3.05, 3.63) is 0 Å². The van der Waals surface area contributed by atoms with E-state index in [4.69, 9.17) is 0 Å². The SMILES string of the molecule is CCCC(C)(CC)C1CCN(S(C)(=O)=O)CC1. The molecule has 1 aliphatic rings. The molecule has 0 bridgehead atoms. The first-order valence-corrected chi connectivity index (χ1v) is 8.63. The summed E-state index contributed by atoms with van der Waals surface area (Å²) >= 11 is 0. The van der Waals surface area contributed by atoms with Crippen molar-refractivity contribution in [3.8, 4) is 0 Å². The Bertz CT molecular complexity index is 331. The van der Waals surface area contributed by atoms with Gasteiger partial charge in [-0.15, -0.1) is 0 Å². The third-order valence-electron chi connectivity index (χ3n) is 4.54. The zero-order chi connectivity index (χ0) is 13.1. The molecule has 102 valence electrons. The summed E-state index contributed by atoms with van der Waals surface area (Å²) in [6.07, 6.45) is 7.04. The van der Waals surface area contributed by atoms with E-state index in [1.807, 2.05) is 0 Å². The highest BCUT2D eigenvalue weighted by molar-refractivity contribution is 7.88. The van der Waals surface area contributed by atoms with E-state index in [9.17, 15) is 8.42 Å². The van der Waals surface area contributed by atoms with Gasteiger partial charge in [0.2, 0.25) is 10.0 Å². The molecule has 0 aromatic carbocycles. The first kappa shape index (κ1) is 15.0. The normalized spacial score (nSPS) is 23.5. The molecule has 0 N–H and O–H groups in total. The summed E-state index contributed by atoms with van der Waals surface area (Å²) in [5, 5.41) is 0. The van der Waals surface area contributed by atoms with Crippen LogP contribution in [0.15, 0.2) is 0 Å². The molecule has 1 heterocycles. The zero-order valence-corrected chi connectivity index (χ0v) is 12.5. The fraction of sp³-hybridized carbons (Fsp3) is 1.00. The summed E-state index contributed by atoms with van der Waals surface area (Å²) in [6, 6.07) is 0. The highest BCUT2D eigenvalue weighted by atomic mass is 32.2. The molecule has 0 aromatic rings. The van der Waals surface area contributed by atoms with Crippen LogP contribution in [-0.4, -0.2) is 32.1 Å². The molecule has 0 amide bonds. The van der Waals surface area contributed by atoms with Crippen LogP contribution in [0.2, 0.25) is 0 Å². The third-order valence-corrected chi connectivity index (χ3v) is 5.84. The average Bonchev–Trinajstić information content (AvgIpc) is 2.28. The summed E-state index contributed by atoms with van der Waals surface area (Å²) in [5.41, 5.74) is 0.401. The number of piperidine rings is 1. The van der Waals surface area contributed by atoms with Gasteiger partial charge in [0.05, 0.1) is 6.26 Å². The molecule has 1 atom stereocenters. The van der Waals surface area contributed by atoms with Gasteiger partial charge in [0.1, 0.15) is 0 Å². The lowest BCUT2D eigenvalue weighted by Gasteiger charge is -2.42. The van der Waals surface area contributed by atoms with Crippen LogP contribution < -0.4 is 0 Å². The predicted octanol–water partition coefficient (Wildman–Crippen LogP) is 2.87. The lowest BCUT2D eigenvalue weighted by molar-refractivity contribution is 0.103. The summed E-state index contributed by atoms with van der Waals surface area (Å²) in [7, 11) is -2.98. The highest BCUT2D eigenvalue weighted by Crippen LogP contribution is 2.41. The van der Waals surface area contributed by atoms with Gasteiger partial charge in [-0.3, -0.25) is 0 Å². The van der Waals surface area contributed by atoms with E-state index in [0.717, 1.165) is 12.8 Å². The molecule has 0 radical (unpaired) electrons. The van der Waals surface area contributed by atoms with Gasteiger partial charge in [0.15, 0.2) is 0 Å². The summed E-state index contributed by atoms with van der Waals surface area (Å²) < 4.78 is 24.6. The van der Waals surface area contributed by atoms with E-state index >= 15 is 0 Å². The summed E-state index contributed by atoms with van der Waals surface area (Å²) in [4.78, 5) is 0.